The molecule has 6 nitrogen and oxygen atoms in total. The molecule has 0 aromatic heterocycles. The van der Waals surface area contributed by atoms with Crippen LogP contribution in [0.2, 0.25) is 0 Å². The van der Waals surface area contributed by atoms with Gasteiger partial charge in [0, 0.05) is 28.8 Å². The van der Waals surface area contributed by atoms with Crippen LogP contribution in [0.15, 0.2) is 70.4 Å². The number of allylic oxidation sites excluding steroid dienone is 4. The molecule has 0 bridgehead atoms. The maximum Gasteiger partial charge on any atom is 0.210 e. The Hall–Kier alpha value is -3.35. The largest absolute Gasteiger partial charge is 0.395 e. The summed E-state index contributed by atoms with van der Waals surface area (Å²) in [5.74, 6) is -2.30. The highest BCUT2D eigenvalue weighted by molar-refractivity contribution is 6.52. The molecule has 2 aromatic carbocycles. The van der Waals surface area contributed by atoms with Crippen molar-refractivity contribution in [3.05, 3.63) is 92.7 Å². The van der Waals surface area contributed by atoms with Crippen LogP contribution in [0.25, 0.3) is 0 Å². The Kier molecular flexibility index (Phi) is 4.74. The number of fused-ring (bicyclic) bond motifs is 2. The Labute approximate surface area is 170 Å². The molecule has 0 heterocycles. The van der Waals surface area contributed by atoms with E-state index in [2.05, 4.69) is 5.32 Å². The highest BCUT2D eigenvalue weighted by Crippen LogP contribution is 2.37. The van der Waals surface area contributed by atoms with E-state index in [0.717, 1.165) is 0 Å². The van der Waals surface area contributed by atoms with E-state index >= 15 is 0 Å². The number of hydrogen-bond acceptors (Lipinski definition) is 6. The molecule has 0 unspecified atom stereocenters. The van der Waals surface area contributed by atoms with E-state index in [1.54, 1.807) is 24.3 Å². The van der Waals surface area contributed by atoms with Crippen LogP contribution in [-0.2, 0) is 0 Å². The van der Waals surface area contributed by atoms with E-state index in [9.17, 15) is 24.3 Å². The summed E-state index contributed by atoms with van der Waals surface area (Å²) in [6, 6.07) is 12.4. The van der Waals surface area contributed by atoms with Gasteiger partial charge in [-0.3, -0.25) is 19.2 Å². The van der Waals surface area contributed by atoms with E-state index in [1.165, 1.54) is 24.3 Å². The number of ketones is 4. The van der Waals surface area contributed by atoms with Crippen molar-refractivity contribution in [3.8, 4) is 0 Å². The first-order valence-corrected chi connectivity index (χ1v) is 9.21. The molecule has 0 atom stereocenters. The van der Waals surface area contributed by atoms with Gasteiger partial charge in [-0.25, -0.2) is 0 Å². The van der Waals surface area contributed by atoms with E-state index in [4.69, 9.17) is 11.6 Å². The summed E-state index contributed by atoms with van der Waals surface area (Å²) >= 11 is 6.26. The molecule has 144 valence electrons. The molecule has 0 aliphatic heterocycles. The van der Waals surface area contributed by atoms with E-state index in [-0.39, 0.29) is 52.2 Å². The minimum absolute atomic E-state index is 0.0242. The monoisotopic (exact) mass is 407 g/mol. The standard InChI is InChI=1S/C22H14ClNO5/c23-17-15(19(26)11-5-1-3-7-13(11)21(17)28)16-18(24-9-10-25)22(29)14-8-4-2-6-12(14)20(16)27/h1-8,24-25H,9-10H2. The molecule has 0 saturated heterocycles. The normalized spacial score (nSPS) is 16.2. The van der Waals surface area contributed by atoms with Crippen LogP contribution < -0.4 is 5.32 Å². The molecule has 4 rings (SSSR count). The molecule has 0 saturated carbocycles. The van der Waals surface area contributed by atoms with Crippen LogP contribution in [0.1, 0.15) is 41.4 Å². The molecular weight excluding hydrogens is 394 g/mol. The Bertz CT molecular complexity index is 1180. The fourth-order valence-corrected chi connectivity index (χ4v) is 3.81. The van der Waals surface area contributed by atoms with E-state index in [1.807, 2.05) is 0 Å². The van der Waals surface area contributed by atoms with Gasteiger partial charge in [-0.15, -0.1) is 0 Å². The van der Waals surface area contributed by atoms with Crippen molar-refractivity contribution in [3.63, 3.8) is 0 Å². The van der Waals surface area contributed by atoms with Gasteiger partial charge in [0.1, 0.15) is 5.03 Å². The molecule has 0 amide bonds. The van der Waals surface area contributed by atoms with Crippen molar-refractivity contribution in [2.75, 3.05) is 13.2 Å². The SMILES string of the molecule is O=C1C(Cl)=C(C2=C(NCCO)C(=O)c3ccccc3C2=O)C(=O)c2ccccc21. The minimum Gasteiger partial charge on any atom is -0.395 e. The maximum atomic E-state index is 13.3. The first-order valence-electron chi connectivity index (χ1n) is 8.83. The van der Waals surface area contributed by atoms with Crippen molar-refractivity contribution in [2.45, 2.75) is 0 Å². The Morgan fingerprint density at radius 3 is 1.66 bits per heavy atom. The summed E-state index contributed by atoms with van der Waals surface area (Å²) in [6.45, 7) is -0.327. The van der Waals surface area contributed by atoms with Gasteiger partial charge in [0.15, 0.2) is 11.6 Å². The van der Waals surface area contributed by atoms with Gasteiger partial charge >= 0.3 is 0 Å². The van der Waals surface area contributed by atoms with Gasteiger partial charge in [0.25, 0.3) is 0 Å². The van der Waals surface area contributed by atoms with E-state index in [0.29, 0.717) is 0 Å². The minimum atomic E-state index is -0.607. The summed E-state index contributed by atoms with van der Waals surface area (Å²) in [6.07, 6.45) is 0. The number of hydrogen-bond donors (Lipinski definition) is 2. The summed E-state index contributed by atoms with van der Waals surface area (Å²) in [7, 11) is 0. The number of halogens is 1. The third-order valence-corrected chi connectivity index (χ3v) is 5.21. The van der Waals surface area contributed by atoms with Crippen LogP contribution in [0.5, 0.6) is 0 Å². The van der Waals surface area contributed by atoms with Gasteiger partial charge in [0.2, 0.25) is 11.6 Å². The predicted molar refractivity (Wildman–Crippen MR) is 105 cm³/mol. The van der Waals surface area contributed by atoms with Gasteiger partial charge in [-0.2, -0.15) is 0 Å². The fraction of sp³-hybridized carbons (Fsp3) is 0.0909. The van der Waals surface area contributed by atoms with Crippen LogP contribution in [0, 0.1) is 0 Å². The number of rotatable bonds is 4. The molecular formula is C22H14ClNO5. The first-order chi connectivity index (χ1) is 14.0. The second-order valence-electron chi connectivity index (χ2n) is 6.50. The van der Waals surface area contributed by atoms with Gasteiger partial charge in [-0.1, -0.05) is 60.1 Å². The van der Waals surface area contributed by atoms with Crippen LogP contribution in [0.4, 0.5) is 0 Å². The summed E-state index contributed by atoms with van der Waals surface area (Å²) in [4.78, 5) is 52.3. The lowest BCUT2D eigenvalue weighted by Crippen LogP contribution is -2.35. The van der Waals surface area contributed by atoms with Gasteiger partial charge < -0.3 is 10.4 Å². The highest BCUT2D eigenvalue weighted by atomic mass is 35.5. The number of aliphatic hydroxyl groups excluding tert-OH is 1. The molecule has 2 aliphatic rings. The molecule has 2 N–H and O–H groups in total. The zero-order valence-corrected chi connectivity index (χ0v) is 15.7. The van der Waals surface area contributed by atoms with Crippen molar-refractivity contribution in [1.82, 2.24) is 5.32 Å². The number of aliphatic hydroxyl groups is 1. The average molecular weight is 408 g/mol. The summed E-state index contributed by atoms with van der Waals surface area (Å²) in [5, 5.41) is 11.5. The van der Waals surface area contributed by atoms with Crippen molar-refractivity contribution in [1.29, 1.82) is 0 Å². The lowest BCUT2D eigenvalue weighted by molar-refractivity contribution is 0.0951. The van der Waals surface area contributed by atoms with Crippen molar-refractivity contribution in [2.24, 2.45) is 0 Å². The van der Waals surface area contributed by atoms with E-state index < -0.39 is 28.2 Å². The van der Waals surface area contributed by atoms with Gasteiger partial charge in [0.05, 0.1) is 23.5 Å². The molecule has 0 radical (unpaired) electrons. The Balaban J connectivity index is 1.99. The molecule has 0 fully saturated rings. The fourth-order valence-electron chi connectivity index (χ4n) is 3.53. The molecule has 7 heteroatoms. The number of carbonyl (C=O) groups excluding carboxylic acids is 4. The first kappa shape index (κ1) is 19.0. The lowest BCUT2D eigenvalue weighted by atomic mass is 9.78. The number of Topliss-reactive ketones (excluding diaryl/α,β-unsaturated/α-hetero) is 4. The van der Waals surface area contributed by atoms with Crippen molar-refractivity contribution < 1.29 is 24.3 Å². The zero-order chi connectivity index (χ0) is 20.7. The third-order valence-electron chi connectivity index (χ3n) is 4.85. The van der Waals surface area contributed by atoms with Gasteiger partial charge in [-0.05, 0) is 0 Å². The zero-order valence-electron chi connectivity index (χ0n) is 15.0. The van der Waals surface area contributed by atoms with Crippen LogP contribution in [-0.4, -0.2) is 41.4 Å². The second kappa shape index (κ2) is 7.24. The maximum absolute atomic E-state index is 13.3. The molecule has 2 aliphatic carbocycles. The average Bonchev–Trinajstić information content (AvgIpc) is 2.75. The molecule has 29 heavy (non-hydrogen) atoms. The summed E-state index contributed by atoms with van der Waals surface area (Å²) in [5.41, 5.74) is -0.150. The Morgan fingerprint density at radius 2 is 1.14 bits per heavy atom. The predicted octanol–water partition coefficient (Wildman–Crippen LogP) is 2.47. The molecule has 0 spiro atoms. The van der Waals surface area contributed by atoms with Crippen molar-refractivity contribution >= 4 is 34.7 Å². The quantitative estimate of drug-likeness (QED) is 0.807. The second-order valence-corrected chi connectivity index (χ2v) is 6.87. The smallest absolute Gasteiger partial charge is 0.210 e. The van der Waals surface area contributed by atoms with Crippen LogP contribution in [0.3, 0.4) is 0 Å². The lowest BCUT2D eigenvalue weighted by Gasteiger charge is -2.25. The topological polar surface area (TPSA) is 101 Å². The highest BCUT2D eigenvalue weighted by Gasteiger charge is 2.41. The number of nitrogens with one attached hydrogen (secondary N) is 1. The summed E-state index contributed by atoms with van der Waals surface area (Å²) < 4.78 is 0. The van der Waals surface area contributed by atoms with Crippen LogP contribution >= 0.6 is 11.6 Å². The number of benzene rings is 2. The number of carbonyl (C=O) groups is 4. The molecule has 2 aromatic rings. The Morgan fingerprint density at radius 1 is 0.690 bits per heavy atom. The third kappa shape index (κ3) is 2.85.